The third-order valence-electron chi connectivity index (χ3n) is 2.81. The van der Waals surface area contributed by atoms with Gasteiger partial charge in [0.15, 0.2) is 0 Å². The number of hydrogen-bond donors (Lipinski definition) is 1. The standard InChI is InChI=1S/C11H15ClN2O/c12-9-3-4-10(14-7-9)15-8-11(13)5-1-2-6-11/h3-4,7H,1-2,5-6,8,13H2. The molecule has 82 valence electrons. The molecular weight excluding hydrogens is 212 g/mol. The summed E-state index contributed by atoms with van der Waals surface area (Å²) in [4.78, 5) is 4.06. The molecule has 3 nitrogen and oxygen atoms in total. The molecule has 0 amide bonds. The Morgan fingerprint density at radius 2 is 2.13 bits per heavy atom. The van der Waals surface area contributed by atoms with E-state index in [1.807, 2.05) is 0 Å². The lowest BCUT2D eigenvalue weighted by molar-refractivity contribution is 0.213. The van der Waals surface area contributed by atoms with Crippen molar-refractivity contribution in [1.29, 1.82) is 0 Å². The summed E-state index contributed by atoms with van der Waals surface area (Å²) in [6, 6.07) is 3.53. The molecular formula is C11H15ClN2O. The van der Waals surface area contributed by atoms with Crippen LogP contribution in [0.1, 0.15) is 25.7 Å². The molecule has 0 aliphatic heterocycles. The molecule has 0 radical (unpaired) electrons. The Hall–Kier alpha value is -0.800. The highest BCUT2D eigenvalue weighted by atomic mass is 35.5. The van der Waals surface area contributed by atoms with Crippen molar-refractivity contribution in [3.63, 3.8) is 0 Å². The van der Waals surface area contributed by atoms with Gasteiger partial charge in [0.1, 0.15) is 6.61 Å². The summed E-state index contributed by atoms with van der Waals surface area (Å²) >= 11 is 5.72. The maximum Gasteiger partial charge on any atom is 0.213 e. The highest BCUT2D eigenvalue weighted by Gasteiger charge is 2.30. The van der Waals surface area contributed by atoms with Crippen molar-refractivity contribution >= 4 is 11.6 Å². The predicted molar refractivity (Wildman–Crippen MR) is 60.1 cm³/mol. The molecule has 0 aromatic carbocycles. The van der Waals surface area contributed by atoms with Gasteiger partial charge in [-0.05, 0) is 18.9 Å². The van der Waals surface area contributed by atoms with Gasteiger partial charge < -0.3 is 10.5 Å². The molecule has 1 aliphatic rings. The molecule has 4 heteroatoms. The second kappa shape index (κ2) is 4.37. The maximum atomic E-state index is 6.16. The zero-order chi connectivity index (χ0) is 10.7. The van der Waals surface area contributed by atoms with Crippen molar-refractivity contribution in [2.75, 3.05) is 6.61 Å². The number of rotatable bonds is 3. The molecule has 1 aromatic heterocycles. The SMILES string of the molecule is NC1(COc2ccc(Cl)cn2)CCCC1. The number of aromatic nitrogens is 1. The number of hydrogen-bond acceptors (Lipinski definition) is 3. The van der Waals surface area contributed by atoms with Crippen LogP contribution < -0.4 is 10.5 Å². The molecule has 0 spiro atoms. The predicted octanol–water partition coefficient (Wildman–Crippen LogP) is 2.39. The third-order valence-corrected chi connectivity index (χ3v) is 3.03. The first kappa shape index (κ1) is 10.7. The van der Waals surface area contributed by atoms with Gasteiger partial charge in [-0.3, -0.25) is 0 Å². The van der Waals surface area contributed by atoms with Crippen molar-refractivity contribution in [3.8, 4) is 5.88 Å². The van der Waals surface area contributed by atoms with Crippen LogP contribution in [0.5, 0.6) is 5.88 Å². The van der Waals surface area contributed by atoms with Crippen molar-refractivity contribution < 1.29 is 4.74 Å². The van der Waals surface area contributed by atoms with Gasteiger partial charge in [-0.25, -0.2) is 4.98 Å². The third kappa shape index (κ3) is 2.83. The first-order valence-corrected chi connectivity index (χ1v) is 5.59. The Kier molecular flexibility index (Phi) is 3.12. The Bertz CT molecular complexity index is 320. The Morgan fingerprint density at radius 3 is 2.73 bits per heavy atom. The summed E-state index contributed by atoms with van der Waals surface area (Å²) in [5.74, 6) is 0.594. The monoisotopic (exact) mass is 226 g/mol. The molecule has 0 atom stereocenters. The summed E-state index contributed by atoms with van der Waals surface area (Å²) in [5.41, 5.74) is 6.01. The van der Waals surface area contributed by atoms with Crippen molar-refractivity contribution in [3.05, 3.63) is 23.4 Å². The molecule has 15 heavy (non-hydrogen) atoms. The van der Waals surface area contributed by atoms with Gasteiger partial charge in [0.2, 0.25) is 5.88 Å². The fraction of sp³-hybridized carbons (Fsp3) is 0.545. The van der Waals surface area contributed by atoms with E-state index in [1.165, 1.54) is 12.8 Å². The first-order valence-electron chi connectivity index (χ1n) is 5.21. The number of halogens is 1. The van der Waals surface area contributed by atoms with E-state index in [2.05, 4.69) is 4.98 Å². The van der Waals surface area contributed by atoms with Gasteiger partial charge in [0, 0.05) is 12.3 Å². The van der Waals surface area contributed by atoms with E-state index >= 15 is 0 Å². The van der Waals surface area contributed by atoms with Crippen molar-refractivity contribution in [2.24, 2.45) is 5.73 Å². The molecule has 0 bridgehead atoms. The van der Waals surface area contributed by atoms with Crippen molar-refractivity contribution in [2.45, 2.75) is 31.2 Å². The van der Waals surface area contributed by atoms with Gasteiger partial charge >= 0.3 is 0 Å². The molecule has 1 fully saturated rings. The average Bonchev–Trinajstić information content (AvgIpc) is 2.65. The second-order valence-corrected chi connectivity index (χ2v) is 4.61. The number of nitrogens with two attached hydrogens (primary N) is 1. The minimum absolute atomic E-state index is 0.151. The molecule has 2 N–H and O–H groups in total. The minimum Gasteiger partial charge on any atom is -0.476 e. The lowest BCUT2D eigenvalue weighted by Crippen LogP contribution is -2.42. The zero-order valence-corrected chi connectivity index (χ0v) is 9.33. The van der Waals surface area contributed by atoms with Crippen LogP contribution in [0.25, 0.3) is 0 Å². The second-order valence-electron chi connectivity index (χ2n) is 4.17. The topological polar surface area (TPSA) is 48.1 Å². The van der Waals surface area contributed by atoms with E-state index in [4.69, 9.17) is 22.1 Å². The van der Waals surface area contributed by atoms with E-state index in [1.54, 1.807) is 18.3 Å². The fourth-order valence-electron chi connectivity index (χ4n) is 1.89. The first-order chi connectivity index (χ1) is 7.18. The van der Waals surface area contributed by atoms with Crippen LogP contribution in [-0.4, -0.2) is 17.1 Å². The summed E-state index contributed by atoms with van der Waals surface area (Å²) in [6.07, 6.45) is 6.07. The van der Waals surface area contributed by atoms with E-state index in [0.717, 1.165) is 12.8 Å². The molecule has 1 aromatic rings. The summed E-state index contributed by atoms with van der Waals surface area (Å²) in [7, 11) is 0. The highest BCUT2D eigenvalue weighted by molar-refractivity contribution is 6.30. The Morgan fingerprint density at radius 1 is 1.40 bits per heavy atom. The molecule has 0 saturated heterocycles. The Balaban J connectivity index is 1.90. The fourth-order valence-corrected chi connectivity index (χ4v) is 2.00. The van der Waals surface area contributed by atoms with Gasteiger partial charge in [-0.15, -0.1) is 0 Å². The zero-order valence-electron chi connectivity index (χ0n) is 8.58. The molecule has 2 rings (SSSR count). The largest absolute Gasteiger partial charge is 0.476 e. The summed E-state index contributed by atoms with van der Waals surface area (Å²) in [6.45, 7) is 0.543. The molecule has 0 unspecified atom stereocenters. The van der Waals surface area contributed by atoms with Crippen LogP contribution in [0, 0.1) is 0 Å². The summed E-state index contributed by atoms with van der Waals surface area (Å²) in [5, 5.41) is 0.616. The number of pyridine rings is 1. The van der Waals surface area contributed by atoms with Crippen LogP contribution in [-0.2, 0) is 0 Å². The molecule has 1 heterocycles. The van der Waals surface area contributed by atoms with E-state index in [0.29, 0.717) is 17.5 Å². The lowest BCUT2D eigenvalue weighted by atomic mass is 10.0. The molecule has 1 aliphatic carbocycles. The van der Waals surface area contributed by atoms with Gasteiger partial charge in [0.25, 0.3) is 0 Å². The smallest absolute Gasteiger partial charge is 0.213 e. The average molecular weight is 227 g/mol. The quantitative estimate of drug-likeness (QED) is 0.861. The van der Waals surface area contributed by atoms with Gasteiger partial charge in [-0.1, -0.05) is 24.4 Å². The number of nitrogens with zero attached hydrogens (tertiary/aromatic N) is 1. The van der Waals surface area contributed by atoms with Crippen LogP contribution in [0.4, 0.5) is 0 Å². The minimum atomic E-state index is -0.151. The number of ether oxygens (including phenoxy) is 1. The summed E-state index contributed by atoms with van der Waals surface area (Å²) < 4.78 is 5.55. The van der Waals surface area contributed by atoms with E-state index < -0.39 is 0 Å². The van der Waals surface area contributed by atoms with Crippen molar-refractivity contribution in [1.82, 2.24) is 4.98 Å². The van der Waals surface area contributed by atoms with Crippen LogP contribution in [0.3, 0.4) is 0 Å². The van der Waals surface area contributed by atoms with Gasteiger partial charge in [-0.2, -0.15) is 0 Å². The van der Waals surface area contributed by atoms with E-state index in [-0.39, 0.29) is 5.54 Å². The van der Waals surface area contributed by atoms with Crippen LogP contribution in [0.15, 0.2) is 18.3 Å². The van der Waals surface area contributed by atoms with E-state index in [9.17, 15) is 0 Å². The molecule has 1 saturated carbocycles. The van der Waals surface area contributed by atoms with Gasteiger partial charge in [0.05, 0.1) is 10.6 Å². The van der Waals surface area contributed by atoms with Crippen LogP contribution in [0.2, 0.25) is 5.02 Å². The maximum absolute atomic E-state index is 6.16. The highest BCUT2D eigenvalue weighted by Crippen LogP contribution is 2.27. The lowest BCUT2D eigenvalue weighted by Gasteiger charge is -2.22. The van der Waals surface area contributed by atoms with Crippen LogP contribution >= 0.6 is 11.6 Å². The Labute approximate surface area is 94.6 Å². The normalized spacial score (nSPS) is 19.1.